The Bertz CT molecular complexity index is 357. The van der Waals surface area contributed by atoms with Crippen molar-refractivity contribution < 1.29 is 17.9 Å². The monoisotopic (exact) mass is 264 g/mol. The van der Waals surface area contributed by atoms with Gasteiger partial charge < -0.3 is 9.64 Å². The van der Waals surface area contributed by atoms with E-state index in [0.29, 0.717) is 32.6 Å². The number of piperazine rings is 1. The highest BCUT2D eigenvalue weighted by atomic mass is 32.2. The summed E-state index contributed by atoms with van der Waals surface area (Å²) in [6, 6.07) is 0. The second kappa shape index (κ2) is 5.79. The molecule has 1 heterocycles. The third kappa shape index (κ3) is 3.65. The Balaban J connectivity index is 2.55. The van der Waals surface area contributed by atoms with Gasteiger partial charge in [-0.15, -0.1) is 0 Å². The van der Waals surface area contributed by atoms with E-state index in [4.69, 9.17) is 4.74 Å². The molecule has 0 saturated carbocycles. The maximum Gasteiger partial charge on any atom is 0.251 e. The Morgan fingerprint density at radius 1 is 1.29 bits per heavy atom. The van der Waals surface area contributed by atoms with Crippen LogP contribution in [0, 0.1) is 0 Å². The van der Waals surface area contributed by atoms with Crippen molar-refractivity contribution in [3.63, 3.8) is 0 Å². The summed E-state index contributed by atoms with van der Waals surface area (Å²) >= 11 is 0. The molecule has 17 heavy (non-hydrogen) atoms. The molecule has 0 aliphatic carbocycles. The number of ether oxygens (including phenoxy) is 1. The third-order valence-electron chi connectivity index (χ3n) is 2.95. The van der Waals surface area contributed by atoms with Gasteiger partial charge in [-0.2, -0.15) is 4.31 Å². The van der Waals surface area contributed by atoms with Gasteiger partial charge in [-0.25, -0.2) is 8.42 Å². The molecule has 1 saturated heterocycles. The average molecular weight is 264 g/mol. The number of carbonyl (C=O) groups is 1. The summed E-state index contributed by atoms with van der Waals surface area (Å²) in [6.45, 7) is 3.49. The van der Waals surface area contributed by atoms with Crippen LogP contribution in [0.25, 0.3) is 0 Å². The van der Waals surface area contributed by atoms with E-state index in [9.17, 15) is 13.2 Å². The molecule has 1 amide bonds. The molecular formula is C10H20N2O4S. The summed E-state index contributed by atoms with van der Waals surface area (Å²) in [5.41, 5.74) is 0. The van der Waals surface area contributed by atoms with Crippen LogP contribution in [0.2, 0.25) is 0 Å². The standard InChI is InChI=1S/C10H20N2O4S/c1-4-9(16-2)10(13)11-5-7-12(8-6-11)17(3,14)15/h9H,4-8H2,1-3H3. The summed E-state index contributed by atoms with van der Waals surface area (Å²) in [5, 5.41) is 0. The first-order chi connectivity index (χ1) is 7.90. The van der Waals surface area contributed by atoms with E-state index in [1.54, 1.807) is 4.90 Å². The van der Waals surface area contributed by atoms with E-state index in [1.807, 2.05) is 6.92 Å². The molecule has 1 fully saturated rings. The molecule has 1 aliphatic rings. The Morgan fingerprint density at radius 3 is 2.18 bits per heavy atom. The third-order valence-corrected chi connectivity index (χ3v) is 4.25. The smallest absolute Gasteiger partial charge is 0.251 e. The van der Waals surface area contributed by atoms with E-state index in [0.717, 1.165) is 0 Å². The zero-order valence-electron chi connectivity index (χ0n) is 10.5. The van der Waals surface area contributed by atoms with Crippen molar-refractivity contribution >= 4 is 15.9 Å². The van der Waals surface area contributed by atoms with Gasteiger partial charge in [0.15, 0.2) is 0 Å². The van der Waals surface area contributed by atoms with Crippen LogP contribution < -0.4 is 0 Å². The van der Waals surface area contributed by atoms with Crippen LogP contribution in [0.4, 0.5) is 0 Å². The van der Waals surface area contributed by atoms with Gasteiger partial charge in [-0.1, -0.05) is 6.92 Å². The topological polar surface area (TPSA) is 66.9 Å². The fourth-order valence-corrected chi connectivity index (χ4v) is 2.71. The lowest BCUT2D eigenvalue weighted by atomic mass is 10.2. The molecule has 1 unspecified atom stereocenters. The van der Waals surface area contributed by atoms with Crippen molar-refractivity contribution in [2.75, 3.05) is 39.5 Å². The molecule has 0 bridgehead atoms. The summed E-state index contributed by atoms with van der Waals surface area (Å²) in [5.74, 6) is -0.0526. The van der Waals surface area contributed by atoms with Crippen molar-refractivity contribution in [2.45, 2.75) is 19.4 Å². The average Bonchev–Trinajstić information content (AvgIpc) is 2.29. The second-order valence-corrected chi connectivity index (χ2v) is 6.10. The minimum atomic E-state index is -3.14. The maximum absolute atomic E-state index is 11.9. The van der Waals surface area contributed by atoms with Crippen molar-refractivity contribution in [1.82, 2.24) is 9.21 Å². The van der Waals surface area contributed by atoms with Crippen LogP contribution in [0.5, 0.6) is 0 Å². The molecule has 6 nitrogen and oxygen atoms in total. The summed E-state index contributed by atoms with van der Waals surface area (Å²) in [4.78, 5) is 13.6. The van der Waals surface area contributed by atoms with Gasteiger partial charge in [0, 0.05) is 33.3 Å². The van der Waals surface area contributed by atoms with Crippen LogP contribution in [0.1, 0.15) is 13.3 Å². The van der Waals surface area contributed by atoms with Gasteiger partial charge in [0.25, 0.3) is 5.91 Å². The van der Waals surface area contributed by atoms with Crippen LogP contribution in [-0.4, -0.2) is 69.2 Å². The van der Waals surface area contributed by atoms with E-state index in [2.05, 4.69) is 0 Å². The highest BCUT2D eigenvalue weighted by Gasteiger charge is 2.29. The van der Waals surface area contributed by atoms with Gasteiger partial charge in [0.1, 0.15) is 6.10 Å². The zero-order valence-corrected chi connectivity index (χ0v) is 11.4. The van der Waals surface area contributed by atoms with E-state index < -0.39 is 16.1 Å². The predicted octanol–water partition coefficient (Wildman–Crippen LogP) is -0.485. The minimum Gasteiger partial charge on any atom is -0.372 e. The molecule has 7 heteroatoms. The quantitative estimate of drug-likeness (QED) is 0.687. The lowest BCUT2D eigenvalue weighted by Gasteiger charge is -2.34. The first-order valence-electron chi connectivity index (χ1n) is 5.66. The highest BCUT2D eigenvalue weighted by Crippen LogP contribution is 2.09. The lowest BCUT2D eigenvalue weighted by Crippen LogP contribution is -2.52. The van der Waals surface area contributed by atoms with Crippen LogP contribution >= 0.6 is 0 Å². The number of hydrogen-bond donors (Lipinski definition) is 0. The molecule has 1 atom stereocenters. The van der Waals surface area contributed by atoms with Crippen molar-refractivity contribution in [3.8, 4) is 0 Å². The highest BCUT2D eigenvalue weighted by molar-refractivity contribution is 7.88. The molecule has 0 aromatic carbocycles. The molecule has 100 valence electrons. The number of hydrogen-bond acceptors (Lipinski definition) is 4. The number of nitrogens with zero attached hydrogens (tertiary/aromatic N) is 2. The Hall–Kier alpha value is -0.660. The SMILES string of the molecule is CCC(OC)C(=O)N1CCN(S(C)(=O)=O)CC1. The van der Waals surface area contributed by atoms with Gasteiger partial charge in [-0.05, 0) is 6.42 Å². The van der Waals surface area contributed by atoms with Crippen molar-refractivity contribution in [2.24, 2.45) is 0 Å². The van der Waals surface area contributed by atoms with Crippen LogP contribution in [0.3, 0.4) is 0 Å². The van der Waals surface area contributed by atoms with E-state index in [1.165, 1.54) is 17.7 Å². The number of amides is 1. The van der Waals surface area contributed by atoms with Crippen LogP contribution in [-0.2, 0) is 19.6 Å². The Morgan fingerprint density at radius 2 is 1.82 bits per heavy atom. The first kappa shape index (κ1) is 14.4. The van der Waals surface area contributed by atoms with Crippen LogP contribution in [0.15, 0.2) is 0 Å². The van der Waals surface area contributed by atoms with Crippen molar-refractivity contribution in [3.05, 3.63) is 0 Å². The molecule has 0 aromatic heterocycles. The van der Waals surface area contributed by atoms with E-state index >= 15 is 0 Å². The number of rotatable bonds is 4. The van der Waals surface area contributed by atoms with E-state index in [-0.39, 0.29) is 5.91 Å². The van der Waals surface area contributed by atoms with Gasteiger partial charge in [0.05, 0.1) is 6.26 Å². The molecule has 0 aromatic rings. The molecule has 1 rings (SSSR count). The number of carbonyl (C=O) groups excluding carboxylic acids is 1. The summed E-state index contributed by atoms with van der Waals surface area (Å²) in [7, 11) is -1.63. The molecule has 0 N–H and O–H groups in total. The zero-order chi connectivity index (χ0) is 13.1. The molecule has 1 aliphatic heterocycles. The Kier molecular flexibility index (Phi) is 4.91. The first-order valence-corrected chi connectivity index (χ1v) is 7.51. The van der Waals surface area contributed by atoms with Gasteiger partial charge in [-0.3, -0.25) is 4.79 Å². The maximum atomic E-state index is 11.9. The molecule has 0 radical (unpaired) electrons. The largest absolute Gasteiger partial charge is 0.372 e. The fourth-order valence-electron chi connectivity index (χ4n) is 1.89. The normalized spacial score (nSPS) is 20.3. The summed E-state index contributed by atoms with van der Waals surface area (Å²) in [6.07, 6.45) is 1.40. The Labute approximate surface area is 103 Å². The molecular weight excluding hydrogens is 244 g/mol. The van der Waals surface area contributed by atoms with Gasteiger partial charge >= 0.3 is 0 Å². The number of sulfonamides is 1. The lowest BCUT2D eigenvalue weighted by molar-refractivity contribution is -0.143. The fraction of sp³-hybridized carbons (Fsp3) is 0.900. The van der Waals surface area contributed by atoms with Crippen molar-refractivity contribution in [1.29, 1.82) is 0 Å². The molecule has 0 spiro atoms. The second-order valence-electron chi connectivity index (χ2n) is 4.12. The van der Waals surface area contributed by atoms with Gasteiger partial charge in [0.2, 0.25) is 10.0 Å². The number of methoxy groups -OCH3 is 1. The summed E-state index contributed by atoms with van der Waals surface area (Å²) < 4.78 is 29.1. The minimum absolute atomic E-state index is 0.0526. The predicted molar refractivity (Wildman–Crippen MR) is 64.1 cm³/mol.